The predicted octanol–water partition coefficient (Wildman–Crippen LogP) is 3.59. The van der Waals surface area contributed by atoms with Gasteiger partial charge in [0.15, 0.2) is 5.96 Å². The van der Waals surface area contributed by atoms with Gasteiger partial charge in [0.1, 0.15) is 0 Å². The van der Waals surface area contributed by atoms with E-state index >= 15 is 0 Å². The summed E-state index contributed by atoms with van der Waals surface area (Å²) in [4.78, 5) is 6.89. The molecule has 144 valence electrons. The molecule has 0 spiro atoms. The lowest BCUT2D eigenvalue weighted by Crippen LogP contribution is -2.49. The van der Waals surface area contributed by atoms with Crippen LogP contribution >= 0.6 is 0 Å². The van der Waals surface area contributed by atoms with Crippen LogP contribution in [0.4, 0.5) is 0 Å². The van der Waals surface area contributed by atoms with Crippen molar-refractivity contribution in [2.45, 2.75) is 32.2 Å². The van der Waals surface area contributed by atoms with Gasteiger partial charge in [-0.3, -0.25) is 9.89 Å². The van der Waals surface area contributed by atoms with E-state index < -0.39 is 0 Å². The second-order valence-corrected chi connectivity index (χ2v) is 7.54. The SMILES string of the molecule is C=C(C)CN1CCC(NC(=NC)NCCc2cccc3ccccc23)CC1. The fourth-order valence-electron chi connectivity index (χ4n) is 3.83. The number of nitrogens with zero attached hydrogens (tertiary/aromatic N) is 2. The molecule has 4 heteroatoms. The van der Waals surface area contributed by atoms with Gasteiger partial charge in [-0.1, -0.05) is 54.6 Å². The van der Waals surface area contributed by atoms with Gasteiger partial charge in [0.25, 0.3) is 0 Å². The Morgan fingerprint density at radius 2 is 1.89 bits per heavy atom. The third-order valence-corrected chi connectivity index (χ3v) is 5.21. The largest absolute Gasteiger partial charge is 0.356 e. The van der Waals surface area contributed by atoms with Crippen molar-refractivity contribution in [3.05, 3.63) is 60.2 Å². The zero-order chi connectivity index (χ0) is 19.1. The molecular formula is C23H32N4. The van der Waals surface area contributed by atoms with Crippen molar-refractivity contribution in [2.75, 3.05) is 33.2 Å². The quantitative estimate of drug-likeness (QED) is 0.467. The van der Waals surface area contributed by atoms with Crippen LogP contribution in [0, 0.1) is 0 Å². The number of aliphatic imine (C=N–C) groups is 1. The molecule has 1 aliphatic heterocycles. The van der Waals surface area contributed by atoms with E-state index in [-0.39, 0.29) is 0 Å². The van der Waals surface area contributed by atoms with Crippen LogP contribution in [0.2, 0.25) is 0 Å². The molecule has 0 atom stereocenters. The standard InChI is InChI=1S/C23H32N4/c1-18(2)17-27-15-12-21(13-16-27)26-23(24-3)25-14-11-20-9-6-8-19-7-4-5-10-22(19)20/h4-10,21H,1,11-17H2,2-3H3,(H2,24,25,26). The molecule has 0 amide bonds. The van der Waals surface area contributed by atoms with E-state index in [0.717, 1.165) is 51.4 Å². The maximum atomic E-state index is 4.41. The summed E-state index contributed by atoms with van der Waals surface area (Å²) in [5.74, 6) is 0.911. The molecule has 0 aromatic heterocycles. The average Bonchev–Trinajstić information content (AvgIpc) is 2.68. The van der Waals surface area contributed by atoms with E-state index in [1.54, 1.807) is 0 Å². The predicted molar refractivity (Wildman–Crippen MR) is 116 cm³/mol. The first-order valence-corrected chi connectivity index (χ1v) is 9.96. The molecule has 1 aliphatic rings. The number of hydrogen-bond acceptors (Lipinski definition) is 2. The van der Waals surface area contributed by atoms with E-state index in [0.29, 0.717) is 6.04 Å². The monoisotopic (exact) mass is 364 g/mol. The molecule has 0 aliphatic carbocycles. The lowest BCUT2D eigenvalue weighted by atomic mass is 10.0. The highest BCUT2D eigenvalue weighted by atomic mass is 15.2. The number of guanidine groups is 1. The summed E-state index contributed by atoms with van der Waals surface area (Å²) >= 11 is 0. The van der Waals surface area contributed by atoms with Crippen molar-refractivity contribution >= 4 is 16.7 Å². The van der Waals surface area contributed by atoms with Gasteiger partial charge in [-0.05, 0) is 42.5 Å². The van der Waals surface area contributed by atoms with Crippen molar-refractivity contribution in [1.29, 1.82) is 0 Å². The minimum absolute atomic E-state index is 0.495. The van der Waals surface area contributed by atoms with Gasteiger partial charge in [-0.15, -0.1) is 0 Å². The molecule has 2 N–H and O–H groups in total. The molecule has 0 radical (unpaired) electrons. The first kappa shape index (κ1) is 19.4. The smallest absolute Gasteiger partial charge is 0.191 e. The molecule has 27 heavy (non-hydrogen) atoms. The molecule has 0 bridgehead atoms. The van der Waals surface area contributed by atoms with Crippen LogP contribution in [-0.2, 0) is 6.42 Å². The summed E-state index contributed by atoms with van der Waals surface area (Å²) in [7, 11) is 1.85. The first-order valence-electron chi connectivity index (χ1n) is 9.96. The third kappa shape index (κ3) is 5.57. The fourth-order valence-corrected chi connectivity index (χ4v) is 3.83. The summed E-state index contributed by atoms with van der Waals surface area (Å²) in [5.41, 5.74) is 2.62. The Bertz CT molecular complexity index is 783. The molecular weight excluding hydrogens is 332 g/mol. The molecule has 0 saturated carbocycles. The number of rotatable bonds is 6. The Balaban J connectivity index is 1.46. The Morgan fingerprint density at radius 1 is 1.15 bits per heavy atom. The van der Waals surface area contributed by atoms with E-state index in [9.17, 15) is 0 Å². The highest BCUT2D eigenvalue weighted by Gasteiger charge is 2.19. The van der Waals surface area contributed by atoms with E-state index in [1.807, 2.05) is 7.05 Å². The van der Waals surface area contributed by atoms with Crippen molar-refractivity contribution < 1.29 is 0 Å². The number of benzene rings is 2. The van der Waals surface area contributed by atoms with Crippen LogP contribution in [0.5, 0.6) is 0 Å². The summed E-state index contributed by atoms with van der Waals surface area (Å²) in [6.07, 6.45) is 3.29. The molecule has 2 aromatic rings. The Morgan fingerprint density at radius 3 is 2.63 bits per heavy atom. The van der Waals surface area contributed by atoms with Gasteiger partial charge in [-0.25, -0.2) is 0 Å². The van der Waals surface area contributed by atoms with E-state index in [4.69, 9.17) is 0 Å². The maximum Gasteiger partial charge on any atom is 0.191 e. The molecule has 1 saturated heterocycles. The van der Waals surface area contributed by atoms with Crippen LogP contribution in [0.3, 0.4) is 0 Å². The van der Waals surface area contributed by atoms with Crippen molar-refractivity contribution in [3.8, 4) is 0 Å². The highest BCUT2D eigenvalue weighted by Crippen LogP contribution is 2.18. The number of fused-ring (bicyclic) bond motifs is 1. The second kappa shape index (κ2) is 9.56. The summed E-state index contributed by atoms with van der Waals surface area (Å²) in [5, 5.41) is 9.72. The Kier molecular flexibility index (Phi) is 6.88. The van der Waals surface area contributed by atoms with Gasteiger partial charge in [0.2, 0.25) is 0 Å². The fraction of sp³-hybridized carbons (Fsp3) is 0.435. The number of hydrogen-bond donors (Lipinski definition) is 2. The van der Waals surface area contributed by atoms with Crippen LogP contribution in [0.15, 0.2) is 59.6 Å². The van der Waals surface area contributed by atoms with Gasteiger partial charge < -0.3 is 10.6 Å². The molecule has 4 nitrogen and oxygen atoms in total. The Labute approximate surface area is 163 Å². The van der Waals surface area contributed by atoms with Crippen LogP contribution in [0.25, 0.3) is 10.8 Å². The lowest BCUT2D eigenvalue weighted by molar-refractivity contribution is 0.221. The van der Waals surface area contributed by atoms with E-state index in [2.05, 4.69) is 76.5 Å². The van der Waals surface area contributed by atoms with Gasteiger partial charge in [0, 0.05) is 39.3 Å². The molecule has 2 aromatic carbocycles. The highest BCUT2D eigenvalue weighted by molar-refractivity contribution is 5.85. The molecule has 1 heterocycles. The van der Waals surface area contributed by atoms with Crippen LogP contribution in [-0.4, -0.2) is 50.1 Å². The molecule has 1 fully saturated rings. The van der Waals surface area contributed by atoms with Crippen molar-refractivity contribution in [1.82, 2.24) is 15.5 Å². The summed E-state index contributed by atoms with van der Waals surface area (Å²) in [6.45, 7) is 10.3. The lowest BCUT2D eigenvalue weighted by Gasteiger charge is -2.33. The van der Waals surface area contributed by atoms with Crippen LogP contribution in [0.1, 0.15) is 25.3 Å². The Hall–Kier alpha value is -2.33. The zero-order valence-corrected chi connectivity index (χ0v) is 16.7. The van der Waals surface area contributed by atoms with Crippen molar-refractivity contribution in [3.63, 3.8) is 0 Å². The first-order chi connectivity index (χ1) is 13.2. The average molecular weight is 365 g/mol. The number of piperidine rings is 1. The minimum atomic E-state index is 0.495. The maximum absolute atomic E-state index is 4.41. The molecule has 3 rings (SSSR count). The van der Waals surface area contributed by atoms with Crippen molar-refractivity contribution in [2.24, 2.45) is 4.99 Å². The summed E-state index contributed by atoms with van der Waals surface area (Å²) in [6, 6.07) is 15.6. The topological polar surface area (TPSA) is 39.7 Å². The normalized spacial score (nSPS) is 16.4. The third-order valence-electron chi connectivity index (χ3n) is 5.21. The minimum Gasteiger partial charge on any atom is -0.356 e. The second-order valence-electron chi connectivity index (χ2n) is 7.54. The van der Waals surface area contributed by atoms with Gasteiger partial charge in [-0.2, -0.15) is 0 Å². The molecule has 0 unspecified atom stereocenters. The van der Waals surface area contributed by atoms with E-state index in [1.165, 1.54) is 21.9 Å². The van der Waals surface area contributed by atoms with Gasteiger partial charge in [0.05, 0.1) is 0 Å². The zero-order valence-electron chi connectivity index (χ0n) is 16.7. The van der Waals surface area contributed by atoms with Crippen LogP contribution < -0.4 is 10.6 Å². The number of likely N-dealkylation sites (tertiary alicyclic amines) is 1. The van der Waals surface area contributed by atoms with Gasteiger partial charge >= 0.3 is 0 Å². The summed E-state index contributed by atoms with van der Waals surface area (Å²) < 4.78 is 0. The number of nitrogens with one attached hydrogen (secondary N) is 2.